The summed E-state index contributed by atoms with van der Waals surface area (Å²) in [6, 6.07) is 4.05. The van der Waals surface area contributed by atoms with Gasteiger partial charge >= 0.3 is 0 Å². The average Bonchev–Trinajstić information content (AvgIpc) is 2.46. The number of piperazine rings is 1. The molecule has 5 nitrogen and oxygen atoms in total. The summed E-state index contributed by atoms with van der Waals surface area (Å²) in [6.45, 7) is 5.27. The van der Waals surface area contributed by atoms with Crippen LogP contribution in [0.25, 0.3) is 0 Å². The summed E-state index contributed by atoms with van der Waals surface area (Å²) in [5, 5.41) is 0. The van der Waals surface area contributed by atoms with Crippen LogP contribution in [0.4, 0.5) is 4.39 Å². The Hall–Kier alpha value is -1.02. The van der Waals surface area contributed by atoms with E-state index >= 15 is 0 Å². The zero-order chi connectivity index (χ0) is 14.8. The van der Waals surface area contributed by atoms with Crippen molar-refractivity contribution in [1.82, 2.24) is 9.21 Å². The normalized spacial score (nSPS) is 18.4. The van der Waals surface area contributed by atoms with Gasteiger partial charge in [0.05, 0.1) is 0 Å². The Morgan fingerprint density at radius 1 is 1.25 bits per heavy atom. The maximum atomic E-state index is 14.0. The Balaban J connectivity index is 2.23. The van der Waals surface area contributed by atoms with Gasteiger partial charge < -0.3 is 10.6 Å². The van der Waals surface area contributed by atoms with Gasteiger partial charge in [-0.05, 0) is 24.2 Å². The Labute approximate surface area is 119 Å². The molecular weight excluding hydrogens is 281 g/mol. The Morgan fingerprint density at radius 3 is 2.40 bits per heavy atom. The van der Waals surface area contributed by atoms with E-state index in [1.54, 1.807) is 6.07 Å². The van der Waals surface area contributed by atoms with Crippen molar-refractivity contribution in [1.29, 1.82) is 0 Å². The van der Waals surface area contributed by atoms with Gasteiger partial charge in [0.2, 0.25) is 10.0 Å². The SMILES string of the molecule is CCN1CCN(S(=O)(=O)c2ccc(CN)cc2F)CC1. The second-order valence-corrected chi connectivity index (χ2v) is 6.71. The molecule has 7 heteroatoms. The third-order valence-corrected chi connectivity index (χ3v) is 5.56. The highest BCUT2D eigenvalue weighted by Gasteiger charge is 2.30. The minimum Gasteiger partial charge on any atom is -0.326 e. The summed E-state index contributed by atoms with van der Waals surface area (Å²) in [5.74, 6) is -0.731. The third kappa shape index (κ3) is 3.01. The summed E-state index contributed by atoms with van der Waals surface area (Å²) in [4.78, 5) is 1.90. The molecule has 0 bridgehead atoms. The first kappa shape index (κ1) is 15.4. The molecule has 0 radical (unpaired) electrons. The molecule has 20 heavy (non-hydrogen) atoms. The van der Waals surface area contributed by atoms with Crippen LogP contribution in [0.1, 0.15) is 12.5 Å². The maximum Gasteiger partial charge on any atom is 0.246 e. The molecule has 1 aliphatic rings. The molecule has 0 spiro atoms. The quantitative estimate of drug-likeness (QED) is 0.885. The van der Waals surface area contributed by atoms with Crippen LogP contribution in [0.5, 0.6) is 0 Å². The van der Waals surface area contributed by atoms with Crippen LogP contribution in [0, 0.1) is 5.82 Å². The first-order valence-electron chi connectivity index (χ1n) is 6.70. The average molecular weight is 301 g/mol. The van der Waals surface area contributed by atoms with Gasteiger partial charge in [-0.1, -0.05) is 13.0 Å². The number of hydrogen-bond acceptors (Lipinski definition) is 4. The van der Waals surface area contributed by atoms with Crippen LogP contribution in [-0.4, -0.2) is 50.3 Å². The predicted octanol–water partition coefficient (Wildman–Crippen LogP) is 0.611. The number of halogens is 1. The highest BCUT2D eigenvalue weighted by Crippen LogP contribution is 2.21. The summed E-state index contributed by atoms with van der Waals surface area (Å²) >= 11 is 0. The van der Waals surface area contributed by atoms with E-state index in [2.05, 4.69) is 4.90 Å². The monoisotopic (exact) mass is 301 g/mol. The largest absolute Gasteiger partial charge is 0.326 e. The van der Waals surface area contributed by atoms with Crippen LogP contribution in [0.15, 0.2) is 23.1 Å². The fraction of sp³-hybridized carbons (Fsp3) is 0.538. The van der Waals surface area contributed by atoms with Gasteiger partial charge in [0, 0.05) is 32.7 Å². The fourth-order valence-corrected chi connectivity index (χ4v) is 3.77. The molecule has 1 aromatic rings. The highest BCUT2D eigenvalue weighted by atomic mass is 32.2. The molecule has 1 heterocycles. The van der Waals surface area contributed by atoms with Gasteiger partial charge in [0.1, 0.15) is 10.7 Å². The summed E-state index contributed by atoms with van der Waals surface area (Å²) < 4.78 is 40.2. The van der Waals surface area contributed by atoms with Gasteiger partial charge in [-0.3, -0.25) is 0 Å². The van der Waals surface area contributed by atoms with E-state index in [1.165, 1.54) is 16.4 Å². The standard InChI is InChI=1S/C13H20FN3O2S/c1-2-16-5-7-17(8-6-16)20(18,19)13-4-3-11(10-15)9-12(13)14/h3-4,9H,2,5-8,10,15H2,1H3. The van der Waals surface area contributed by atoms with Crippen LogP contribution >= 0.6 is 0 Å². The summed E-state index contributed by atoms with van der Waals surface area (Å²) in [6.07, 6.45) is 0. The lowest BCUT2D eigenvalue weighted by Gasteiger charge is -2.33. The minimum atomic E-state index is -3.76. The van der Waals surface area contributed by atoms with Gasteiger partial charge in [-0.25, -0.2) is 12.8 Å². The molecule has 1 fully saturated rings. The maximum absolute atomic E-state index is 14.0. The first-order valence-corrected chi connectivity index (χ1v) is 8.14. The molecular formula is C13H20FN3O2S. The lowest BCUT2D eigenvalue weighted by atomic mass is 10.2. The number of sulfonamides is 1. The smallest absolute Gasteiger partial charge is 0.246 e. The van der Waals surface area contributed by atoms with Gasteiger partial charge in [-0.2, -0.15) is 4.31 Å². The zero-order valence-corrected chi connectivity index (χ0v) is 12.4. The number of nitrogens with two attached hydrogens (primary N) is 1. The number of benzene rings is 1. The lowest BCUT2D eigenvalue weighted by Crippen LogP contribution is -2.48. The van der Waals surface area contributed by atoms with Crippen LogP contribution in [-0.2, 0) is 16.6 Å². The second-order valence-electron chi connectivity index (χ2n) is 4.81. The van der Waals surface area contributed by atoms with E-state index in [4.69, 9.17) is 5.73 Å². The van der Waals surface area contributed by atoms with Crippen LogP contribution in [0.3, 0.4) is 0 Å². The molecule has 1 saturated heterocycles. The van der Waals surface area contributed by atoms with Crippen molar-refractivity contribution in [3.63, 3.8) is 0 Å². The van der Waals surface area contributed by atoms with Crippen molar-refractivity contribution in [3.8, 4) is 0 Å². The van der Waals surface area contributed by atoms with Crippen LogP contribution < -0.4 is 5.73 Å². The van der Waals surface area contributed by atoms with Crippen molar-refractivity contribution in [2.24, 2.45) is 5.73 Å². The Bertz CT molecular complexity index is 569. The number of likely N-dealkylation sites (N-methyl/N-ethyl adjacent to an activating group) is 1. The predicted molar refractivity (Wildman–Crippen MR) is 75.2 cm³/mol. The number of hydrogen-bond donors (Lipinski definition) is 1. The summed E-state index contributed by atoms with van der Waals surface area (Å²) in [5.41, 5.74) is 6.00. The van der Waals surface area contributed by atoms with E-state index in [1.807, 2.05) is 6.92 Å². The molecule has 0 aliphatic carbocycles. The summed E-state index contributed by atoms with van der Waals surface area (Å²) in [7, 11) is -3.76. The Morgan fingerprint density at radius 2 is 1.90 bits per heavy atom. The van der Waals surface area contributed by atoms with Crippen molar-refractivity contribution < 1.29 is 12.8 Å². The van der Waals surface area contributed by atoms with E-state index in [0.29, 0.717) is 31.7 Å². The molecule has 2 N–H and O–H groups in total. The zero-order valence-electron chi connectivity index (χ0n) is 11.5. The lowest BCUT2D eigenvalue weighted by molar-refractivity contribution is 0.196. The molecule has 112 valence electrons. The van der Waals surface area contributed by atoms with Gasteiger partial charge in [0.15, 0.2) is 0 Å². The molecule has 0 saturated carbocycles. The molecule has 1 aliphatic heterocycles. The fourth-order valence-electron chi connectivity index (χ4n) is 2.31. The number of rotatable bonds is 4. The second kappa shape index (κ2) is 6.17. The topological polar surface area (TPSA) is 66.6 Å². The van der Waals surface area contributed by atoms with E-state index < -0.39 is 15.8 Å². The van der Waals surface area contributed by atoms with Gasteiger partial charge in [0.25, 0.3) is 0 Å². The van der Waals surface area contributed by atoms with Crippen molar-refractivity contribution in [2.75, 3.05) is 32.7 Å². The minimum absolute atomic E-state index is 0.187. The van der Waals surface area contributed by atoms with Gasteiger partial charge in [-0.15, -0.1) is 0 Å². The van der Waals surface area contributed by atoms with Crippen molar-refractivity contribution in [3.05, 3.63) is 29.6 Å². The van der Waals surface area contributed by atoms with E-state index in [0.717, 1.165) is 6.54 Å². The molecule has 0 aromatic heterocycles. The number of nitrogens with zero attached hydrogens (tertiary/aromatic N) is 2. The van der Waals surface area contributed by atoms with Crippen LogP contribution in [0.2, 0.25) is 0 Å². The molecule has 0 amide bonds. The van der Waals surface area contributed by atoms with Crippen molar-refractivity contribution in [2.45, 2.75) is 18.4 Å². The third-order valence-electron chi connectivity index (χ3n) is 3.63. The molecule has 0 unspecified atom stereocenters. The molecule has 2 rings (SSSR count). The highest BCUT2D eigenvalue weighted by molar-refractivity contribution is 7.89. The van der Waals surface area contributed by atoms with E-state index in [-0.39, 0.29) is 11.4 Å². The first-order chi connectivity index (χ1) is 9.48. The van der Waals surface area contributed by atoms with E-state index in [9.17, 15) is 12.8 Å². The molecule has 0 atom stereocenters. The van der Waals surface area contributed by atoms with Crippen molar-refractivity contribution >= 4 is 10.0 Å². The molecule has 1 aromatic carbocycles. The Kier molecular flexibility index (Phi) is 4.74.